The average Bonchev–Trinajstić information content (AvgIpc) is 3.16. The van der Waals surface area contributed by atoms with Gasteiger partial charge in [0.15, 0.2) is 11.5 Å². The number of nitrogens with zero attached hydrogens (tertiary/aromatic N) is 3. The topological polar surface area (TPSA) is 86.9 Å². The molecule has 1 amide bonds. The highest BCUT2D eigenvalue weighted by molar-refractivity contribution is 5.68. The molecule has 0 unspecified atom stereocenters. The highest BCUT2D eigenvalue weighted by Gasteiger charge is 2.30. The molecule has 28 heavy (non-hydrogen) atoms. The molecule has 1 aliphatic heterocycles. The molecule has 0 spiro atoms. The summed E-state index contributed by atoms with van der Waals surface area (Å²) in [5, 5.41) is 4.11. The van der Waals surface area contributed by atoms with E-state index in [1.165, 1.54) is 0 Å². The minimum absolute atomic E-state index is 0.125. The minimum Gasteiger partial charge on any atom is -0.493 e. The lowest BCUT2D eigenvalue weighted by Crippen LogP contribution is -2.41. The zero-order chi connectivity index (χ0) is 20.3. The average molecular weight is 389 g/mol. The summed E-state index contributed by atoms with van der Waals surface area (Å²) in [6, 6.07) is 5.49. The second-order valence-electron chi connectivity index (χ2n) is 7.77. The smallest absolute Gasteiger partial charge is 0.410 e. The highest BCUT2D eigenvalue weighted by Crippen LogP contribution is 2.33. The van der Waals surface area contributed by atoms with Crippen molar-refractivity contribution in [3.8, 4) is 22.9 Å². The van der Waals surface area contributed by atoms with Crippen LogP contribution in [-0.4, -0.2) is 54.0 Å². The molecular formula is C20H27N3O5. The monoisotopic (exact) mass is 389 g/mol. The Morgan fingerprint density at radius 3 is 2.43 bits per heavy atom. The van der Waals surface area contributed by atoms with E-state index in [0.717, 1.165) is 18.4 Å². The van der Waals surface area contributed by atoms with E-state index in [9.17, 15) is 4.79 Å². The van der Waals surface area contributed by atoms with Crippen molar-refractivity contribution in [2.24, 2.45) is 0 Å². The molecule has 0 N–H and O–H groups in total. The molecule has 1 aromatic carbocycles. The van der Waals surface area contributed by atoms with Crippen LogP contribution in [0.15, 0.2) is 22.7 Å². The predicted octanol–water partition coefficient (Wildman–Crippen LogP) is 3.87. The molecule has 0 atom stereocenters. The molecule has 2 aromatic rings. The van der Waals surface area contributed by atoms with Gasteiger partial charge in [0.2, 0.25) is 11.7 Å². The van der Waals surface area contributed by atoms with E-state index in [4.69, 9.17) is 18.7 Å². The number of amides is 1. The van der Waals surface area contributed by atoms with E-state index >= 15 is 0 Å². The molecule has 1 saturated heterocycles. The van der Waals surface area contributed by atoms with Crippen LogP contribution in [0.3, 0.4) is 0 Å². The quantitative estimate of drug-likeness (QED) is 0.784. The number of likely N-dealkylation sites (tertiary alicyclic amines) is 1. The number of hydrogen-bond donors (Lipinski definition) is 0. The fourth-order valence-corrected chi connectivity index (χ4v) is 3.13. The normalized spacial score (nSPS) is 15.4. The van der Waals surface area contributed by atoms with Crippen molar-refractivity contribution in [2.45, 2.75) is 45.1 Å². The summed E-state index contributed by atoms with van der Waals surface area (Å²) in [5.41, 5.74) is 0.299. The number of hydrogen-bond acceptors (Lipinski definition) is 7. The molecule has 152 valence electrons. The minimum atomic E-state index is -0.491. The van der Waals surface area contributed by atoms with Gasteiger partial charge in [-0.2, -0.15) is 4.98 Å². The van der Waals surface area contributed by atoms with Gasteiger partial charge in [0, 0.05) is 24.6 Å². The van der Waals surface area contributed by atoms with Gasteiger partial charge >= 0.3 is 6.09 Å². The maximum atomic E-state index is 12.2. The summed E-state index contributed by atoms with van der Waals surface area (Å²) in [4.78, 5) is 18.5. The van der Waals surface area contributed by atoms with E-state index in [1.54, 1.807) is 19.1 Å². The maximum Gasteiger partial charge on any atom is 0.410 e. The standard InChI is InChI=1S/C20H27N3O5/c1-20(2,3)27-19(24)23-10-8-13(9-11-23)18-21-17(22-28-18)14-6-7-15(25-4)16(12-14)26-5/h6-7,12-13H,8-11H2,1-5H3. The molecule has 0 aliphatic carbocycles. The lowest BCUT2D eigenvalue weighted by Gasteiger charge is -2.32. The van der Waals surface area contributed by atoms with Crippen molar-refractivity contribution in [3.05, 3.63) is 24.1 Å². The van der Waals surface area contributed by atoms with Gasteiger partial charge in [-0.05, 0) is 51.8 Å². The van der Waals surface area contributed by atoms with Crippen LogP contribution in [-0.2, 0) is 4.74 Å². The third-order valence-corrected chi connectivity index (χ3v) is 4.58. The summed E-state index contributed by atoms with van der Waals surface area (Å²) >= 11 is 0. The Hall–Kier alpha value is -2.77. The lowest BCUT2D eigenvalue weighted by molar-refractivity contribution is 0.0198. The first kappa shape index (κ1) is 20.0. The summed E-state index contributed by atoms with van der Waals surface area (Å²) in [7, 11) is 3.18. The van der Waals surface area contributed by atoms with Gasteiger partial charge in [0.25, 0.3) is 0 Å². The van der Waals surface area contributed by atoms with E-state index in [1.807, 2.05) is 39.0 Å². The van der Waals surface area contributed by atoms with Crippen LogP contribution in [0.4, 0.5) is 4.79 Å². The highest BCUT2D eigenvalue weighted by atomic mass is 16.6. The summed E-state index contributed by atoms with van der Waals surface area (Å²) in [5.74, 6) is 2.47. The summed E-state index contributed by atoms with van der Waals surface area (Å²) in [6.07, 6.45) is 1.24. The molecule has 3 rings (SSSR count). The summed E-state index contributed by atoms with van der Waals surface area (Å²) in [6.45, 7) is 6.81. The Labute approximate surface area is 164 Å². The van der Waals surface area contributed by atoms with Crippen LogP contribution in [0.5, 0.6) is 11.5 Å². The SMILES string of the molecule is COc1ccc(-c2noc(C3CCN(C(=O)OC(C)(C)C)CC3)n2)cc1OC. The fourth-order valence-electron chi connectivity index (χ4n) is 3.13. The Balaban J connectivity index is 1.65. The van der Waals surface area contributed by atoms with Crippen LogP contribution in [0, 0.1) is 0 Å². The second-order valence-corrected chi connectivity index (χ2v) is 7.77. The van der Waals surface area contributed by atoms with Crippen LogP contribution >= 0.6 is 0 Å². The van der Waals surface area contributed by atoms with Crippen molar-refractivity contribution < 1.29 is 23.5 Å². The van der Waals surface area contributed by atoms with Gasteiger partial charge in [-0.1, -0.05) is 5.16 Å². The van der Waals surface area contributed by atoms with E-state index in [0.29, 0.717) is 36.3 Å². The second kappa shape index (κ2) is 8.08. The van der Waals surface area contributed by atoms with Crippen molar-refractivity contribution in [3.63, 3.8) is 0 Å². The van der Waals surface area contributed by atoms with Gasteiger partial charge in [-0.3, -0.25) is 0 Å². The van der Waals surface area contributed by atoms with E-state index < -0.39 is 5.60 Å². The van der Waals surface area contributed by atoms with Crippen LogP contribution in [0.25, 0.3) is 11.4 Å². The first-order chi connectivity index (χ1) is 13.3. The van der Waals surface area contributed by atoms with Crippen LogP contribution in [0.2, 0.25) is 0 Å². The first-order valence-corrected chi connectivity index (χ1v) is 9.34. The van der Waals surface area contributed by atoms with Gasteiger partial charge in [0.1, 0.15) is 5.60 Å². The predicted molar refractivity (Wildman–Crippen MR) is 103 cm³/mol. The Bertz CT molecular complexity index is 819. The van der Waals surface area contributed by atoms with E-state index in [2.05, 4.69) is 10.1 Å². The van der Waals surface area contributed by atoms with Gasteiger partial charge < -0.3 is 23.6 Å². The van der Waals surface area contributed by atoms with E-state index in [-0.39, 0.29) is 12.0 Å². The van der Waals surface area contributed by atoms with Crippen molar-refractivity contribution >= 4 is 6.09 Å². The maximum absolute atomic E-state index is 12.2. The number of rotatable bonds is 4. The summed E-state index contributed by atoms with van der Waals surface area (Å²) < 4.78 is 21.5. The van der Waals surface area contributed by atoms with Crippen molar-refractivity contribution in [2.75, 3.05) is 27.3 Å². The fraction of sp³-hybridized carbons (Fsp3) is 0.550. The Kier molecular flexibility index (Phi) is 5.76. The Morgan fingerprint density at radius 2 is 1.82 bits per heavy atom. The van der Waals surface area contributed by atoms with Gasteiger partial charge in [-0.25, -0.2) is 4.79 Å². The molecule has 1 fully saturated rings. The molecule has 0 radical (unpaired) electrons. The molecule has 0 saturated carbocycles. The van der Waals surface area contributed by atoms with Gasteiger partial charge in [0.05, 0.1) is 14.2 Å². The molecule has 8 heteroatoms. The Morgan fingerprint density at radius 1 is 1.14 bits per heavy atom. The van der Waals surface area contributed by atoms with Crippen LogP contribution in [0.1, 0.15) is 45.4 Å². The third-order valence-electron chi connectivity index (χ3n) is 4.58. The van der Waals surface area contributed by atoms with Crippen molar-refractivity contribution in [1.29, 1.82) is 0 Å². The zero-order valence-electron chi connectivity index (χ0n) is 17.0. The number of aromatic nitrogens is 2. The molecule has 8 nitrogen and oxygen atoms in total. The molecule has 1 aliphatic rings. The van der Waals surface area contributed by atoms with Gasteiger partial charge in [-0.15, -0.1) is 0 Å². The van der Waals surface area contributed by atoms with Crippen LogP contribution < -0.4 is 9.47 Å². The largest absolute Gasteiger partial charge is 0.493 e. The number of carbonyl (C=O) groups is 1. The first-order valence-electron chi connectivity index (χ1n) is 9.34. The number of methoxy groups -OCH3 is 2. The molecule has 0 bridgehead atoms. The van der Waals surface area contributed by atoms with Crippen molar-refractivity contribution in [1.82, 2.24) is 15.0 Å². The number of benzene rings is 1. The third kappa shape index (κ3) is 4.55. The molecular weight excluding hydrogens is 362 g/mol. The molecule has 1 aromatic heterocycles. The zero-order valence-corrected chi connectivity index (χ0v) is 17.0. The number of carbonyl (C=O) groups excluding carboxylic acids is 1. The molecule has 2 heterocycles. The lowest BCUT2D eigenvalue weighted by atomic mass is 9.97. The number of ether oxygens (including phenoxy) is 3. The number of piperidine rings is 1.